The summed E-state index contributed by atoms with van der Waals surface area (Å²) in [5.41, 5.74) is -0.290. The van der Waals surface area contributed by atoms with Crippen molar-refractivity contribution in [1.82, 2.24) is 9.88 Å². The molecule has 0 N–H and O–H groups in total. The molecule has 0 bridgehead atoms. The third-order valence-corrected chi connectivity index (χ3v) is 3.84. The first-order valence-electron chi connectivity index (χ1n) is 6.07. The molecule has 1 fully saturated rings. The Labute approximate surface area is 127 Å². The second kappa shape index (κ2) is 5.96. The summed E-state index contributed by atoms with van der Waals surface area (Å²) in [6.07, 6.45) is -4.18. The van der Waals surface area contributed by atoms with Gasteiger partial charge in [-0.2, -0.15) is 13.2 Å². The van der Waals surface area contributed by atoms with Gasteiger partial charge in [-0.15, -0.1) is 0 Å². The first kappa shape index (κ1) is 16.3. The van der Waals surface area contributed by atoms with Crippen LogP contribution in [0.25, 0.3) is 0 Å². The van der Waals surface area contributed by atoms with Gasteiger partial charge in [0.2, 0.25) is 0 Å². The third-order valence-electron chi connectivity index (χ3n) is 3.29. The quantitative estimate of drug-likeness (QED) is 0.571. The van der Waals surface area contributed by atoms with Gasteiger partial charge < -0.3 is 4.90 Å². The highest BCUT2D eigenvalue weighted by Crippen LogP contribution is 2.34. The molecule has 9 heteroatoms. The largest absolute Gasteiger partial charge is 0.393 e. The normalized spacial score (nSPS) is 19.7. The SMILES string of the molecule is O=C(c1cc(F)c(Cl)nc1Cl)N1CCCC(C(F)(F)F)C1. The average Bonchev–Trinajstić information content (AvgIpc) is 2.41. The molecular formula is C12H10Cl2F4N2O. The molecule has 0 aliphatic carbocycles. The number of pyridine rings is 1. The van der Waals surface area contributed by atoms with Crippen LogP contribution >= 0.6 is 23.2 Å². The first-order chi connectivity index (χ1) is 9.70. The maximum Gasteiger partial charge on any atom is 0.393 e. The van der Waals surface area contributed by atoms with Crippen LogP contribution in [0.5, 0.6) is 0 Å². The highest BCUT2D eigenvalue weighted by Gasteiger charge is 2.43. The van der Waals surface area contributed by atoms with Crippen LogP contribution in [0.1, 0.15) is 23.2 Å². The van der Waals surface area contributed by atoms with Crippen LogP contribution < -0.4 is 0 Å². The minimum atomic E-state index is -4.37. The monoisotopic (exact) mass is 344 g/mol. The number of hydrogen-bond acceptors (Lipinski definition) is 2. The van der Waals surface area contributed by atoms with E-state index in [0.29, 0.717) is 0 Å². The Hall–Kier alpha value is -1.08. The van der Waals surface area contributed by atoms with Crippen LogP contribution in [0.3, 0.4) is 0 Å². The highest BCUT2D eigenvalue weighted by atomic mass is 35.5. The Balaban J connectivity index is 2.22. The summed E-state index contributed by atoms with van der Waals surface area (Å²) in [6.45, 7) is -0.311. The van der Waals surface area contributed by atoms with Gasteiger partial charge in [0.15, 0.2) is 11.0 Å². The van der Waals surface area contributed by atoms with Crippen LogP contribution in [-0.4, -0.2) is 35.1 Å². The van der Waals surface area contributed by atoms with Crippen molar-refractivity contribution in [3.63, 3.8) is 0 Å². The zero-order valence-corrected chi connectivity index (χ0v) is 12.1. The number of likely N-dealkylation sites (tertiary alicyclic amines) is 1. The second-order valence-corrected chi connectivity index (χ2v) is 5.45. The molecule has 2 heterocycles. The van der Waals surface area contributed by atoms with Crippen molar-refractivity contribution in [3.05, 3.63) is 27.8 Å². The van der Waals surface area contributed by atoms with E-state index < -0.39 is 35.5 Å². The maximum absolute atomic E-state index is 13.3. The molecule has 1 aliphatic rings. The van der Waals surface area contributed by atoms with Crippen molar-refractivity contribution in [2.24, 2.45) is 5.92 Å². The molecule has 1 aromatic rings. The topological polar surface area (TPSA) is 33.2 Å². The van der Waals surface area contributed by atoms with E-state index in [2.05, 4.69) is 4.98 Å². The maximum atomic E-state index is 13.3. The van der Waals surface area contributed by atoms with Crippen LogP contribution in [0, 0.1) is 11.7 Å². The summed E-state index contributed by atoms with van der Waals surface area (Å²) in [5, 5.41) is -0.830. The average molecular weight is 345 g/mol. The molecule has 1 aliphatic heterocycles. The molecule has 3 nitrogen and oxygen atoms in total. The van der Waals surface area contributed by atoms with Crippen molar-refractivity contribution >= 4 is 29.1 Å². The van der Waals surface area contributed by atoms with Gasteiger partial charge in [-0.05, 0) is 18.9 Å². The Kier molecular flexibility index (Phi) is 4.63. The lowest BCUT2D eigenvalue weighted by Crippen LogP contribution is -2.44. The Morgan fingerprint density at radius 1 is 1.33 bits per heavy atom. The molecule has 0 aromatic carbocycles. The highest BCUT2D eigenvalue weighted by molar-refractivity contribution is 6.34. The Bertz CT molecular complexity index is 565. The summed E-state index contributed by atoms with van der Waals surface area (Å²) < 4.78 is 51.5. The molecule has 1 amide bonds. The van der Waals surface area contributed by atoms with Gasteiger partial charge in [0.1, 0.15) is 5.15 Å². The first-order valence-corrected chi connectivity index (χ1v) is 6.83. The van der Waals surface area contributed by atoms with E-state index in [1.807, 2.05) is 0 Å². The number of carbonyl (C=O) groups is 1. The summed E-state index contributed by atoms with van der Waals surface area (Å²) in [6, 6.07) is 0.789. The van der Waals surface area contributed by atoms with E-state index in [1.54, 1.807) is 0 Å². The molecule has 0 radical (unpaired) electrons. The molecular weight excluding hydrogens is 335 g/mol. The van der Waals surface area contributed by atoms with E-state index in [1.165, 1.54) is 0 Å². The van der Waals surface area contributed by atoms with Gasteiger partial charge in [0, 0.05) is 13.1 Å². The second-order valence-electron chi connectivity index (χ2n) is 4.73. The summed E-state index contributed by atoms with van der Waals surface area (Å²) >= 11 is 11.1. The van der Waals surface area contributed by atoms with Crippen molar-refractivity contribution in [1.29, 1.82) is 0 Å². The fourth-order valence-electron chi connectivity index (χ4n) is 2.19. The van der Waals surface area contributed by atoms with Crippen molar-refractivity contribution in [2.75, 3.05) is 13.1 Å². The van der Waals surface area contributed by atoms with Crippen LogP contribution in [0.2, 0.25) is 10.3 Å². The zero-order chi connectivity index (χ0) is 15.8. The predicted molar refractivity (Wildman–Crippen MR) is 68.9 cm³/mol. The molecule has 1 aromatic heterocycles. The van der Waals surface area contributed by atoms with Crippen molar-refractivity contribution in [3.8, 4) is 0 Å². The summed E-state index contributed by atoms with van der Waals surface area (Å²) in [5.74, 6) is -3.31. The number of rotatable bonds is 1. The molecule has 21 heavy (non-hydrogen) atoms. The number of nitrogens with zero attached hydrogens (tertiary/aromatic N) is 2. The van der Waals surface area contributed by atoms with E-state index >= 15 is 0 Å². The number of amides is 1. The molecule has 116 valence electrons. The fraction of sp³-hybridized carbons (Fsp3) is 0.500. The number of alkyl halides is 3. The van der Waals surface area contributed by atoms with E-state index in [9.17, 15) is 22.4 Å². The lowest BCUT2D eigenvalue weighted by atomic mass is 9.97. The number of hydrogen-bond donors (Lipinski definition) is 0. The van der Waals surface area contributed by atoms with E-state index in [0.717, 1.165) is 11.0 Å². The Morgan fingerprint density at radius 2 is 2.00 bits per heavy atom. The minimum absolute atomic E-state index is 0.0335. The molecule has 2 rings (SSSR count). The van der Waals surface area contributed by atoms with Crippen LogP contribution in [0.15, 0.2) is 6.07 Å². The van der Waals surface area contributed by atoms with E-state index in [-0.39, 0.29) is 30.1 Å². The van der Waals surface area contributed by atoms with Crippen LogP contribution in [-0.2, 0) is 0 Å². The predicted octanol–water partition coefficient (Wildman–Crippen LogP) is 3.94. The Morgan fingerprint density at radius 3 is 2.62 bits per heavy atom. The standard InChI is InChI=1S/C12H10Cl2F4N2O/c13-9-7(4-8(15)10(14)19-9)11(21)20-3-1-2-6(5-20)12(16,17)18/h4,6H,1-3,5H2. The minimum Gasteiger partial charge on any atom is -0.338 e. The third kappa shape index (κ3) is 3.58. The number of halogens is 6. The smallest absolute Gasteiger partial charge is 0.338 e. The molecule has 1 saturated heterocycles. The van der Waals surface area contributed by atoms with Gasteiger partial charge in [-0.3, -0.25) is 4.79 Å². The summed E-state index contributed by atoms with van der Waals surface area (Å²) in [7, 11) is 0. The number of carbonyl (C=O) groups excluding carboxylic acids is 1. The van der Waals surface area contributed by atoms with E-state index in [4.69, 9.17) is 23.2 Å². The van der Waals surface area contributed by atoms with Gasteiger partial charge >= 0.3 is 6.18 Å². The fourth-order valence-corrected chi connectivity index (χ4v) is 2.60. The zero-order valence-electron chi connectivity index (χ0n) is 10.6. The molecule has 0 spiro atoms. The van der Waals surface area contributed by atoms with Gasteiger partial charge in [0.05, 0.1) is 11.5 Å². The van der Waals surface area contributed by atoms with Gasteiger partial charge in [-0.25, -0.2) is 9.37 Å². The molecule has 0 saturated carbocycles. The van der Waals surface area contributed by atoms with Gasteiger partial charge in [0.25, 0.3) is 5.91 Å². The number of aromatic nitrogens is 1. The molecule has 1 unspecified atom stereocenters. The number of piperidine rings is 1. The van der Waals surface area contributed by atoms with Crippen molar-refractivity contribution < 1.29 is 22.4 Å². The van der Waals surface area contributed by atoms with Gasteiger partial charge in [-0.1, -0.05) is 23.2 Å². The molecule has 1 atom stereocenters. The van der Waals surface area contributed by atoms with Crippen molar-refractivity contribution in [2.45, 2.75) is 19.0 Å². The van der Waals surface area contributed by atoms with Crippen LogP contribution in [0.4, 0.5) is 17.6 Å². The lowest BCUT2D eigenvalue weighted by Gasteiger charge is -2.33. The lowest BCUT2D eigenvalue weighted by molar-refractivity contribution is -0.184. The summed E-state index contributed by atoms with van der Waals surface area (Å²) in [4.78, 5) is 16.6.